The van der Waals surface area contributed by atoms with Crippen LogP contribution in [0.3, 0.4) is 0 Å². The third-order valence-corrected chi connectivity index (χ3v) is 4.51. The van der Waals surface area contributed by atoms with E-state index in [9.17, 15) is 14.4 Å². The zero-order chi connectivity index (χ0) is 19.9. The quantitative estimate of drug-likeness (QED) is 0.486. The molecule has 2 aromatic carbocycles. The molecule has 0 radical (unpaired) electrons. The highest BCUT2D eigenvalue weighted by molar-refractivity contribution is 7.14. The fraction of sp³-hybridized carbons (Fsp3) is 0.100. The Morgan fingerprint density at radius 3 is 2.46 bits per heavy atom. The Hall–Kier alpha value is -3.52. The number of methoxy groups -OCH3 is 1. The fourth-order valence-corrected chi connectivity index (χ4v) is 3.03. The molecule has 1 amide bonds. The van der Waals surface area contributed by atoms with Gasteiger partial charge in [0.1, 0.15) is 12.0 Å². The number of hydrogen-bond acceptors (Lipinski definition) is 7. The van der Waals surface area contributed by atoms with Gasteiger partial charge >= 0.3 is 5.97 Å². The van der Waals surface area contributed by atoms with Crippen LogP contribution < -0.4 is 10.1 Å². The first-order valence-electron chi connectivity index (χ1n) is 8.21. The van der Waals surface area contributed by atoms with Crippen molar-refractivity contribution in [3.8, 4) is 17.0 Å². The summed E-state index contributed by atoms with van der Waals surface area (Å²) in [4.78, 5) is 38.9. The maximum atomic E-state index is 12.0. The molecule has 0 unspecified atom stereocenters. The zero-order valence-electron chi connectivity index (χ0n) is 14.9. The number of aromatic nitrogens is 1. The van der Waals surface area contributed by atoms with Crippen molar-refractivity contribution >= 4 is 34.6 Å². The van der Waals surface area contributed by atoms with Crippen molar-refractivity contribution < 1.29 is 23.9 Å². The average Bonchev–Trinajstić information content (AvgIpc) is 3.20. The van der Waals surface area contributed by atoms with Crippen molar-refractivity contribution in [1.29, 1.82) is 0 Å². The molecule has 0 bridgehead atoms. The van der Waals surface area contributed by atoms with E-state index in [1.54, 1.807) is 7.11 Å². The Balaban J connectivity index is 1.53. The van der Waals surface area contributed by atoms with Crippen LogP contribution in [-0.2, 0) is 9.53 Å². The minimum Gasteiger partial charge on any atom is -0.497 e. The molecule has 0 aliphatic carbocycles. The molecule has 7 nitrogen and oxygen atoms in total. The topological polar surface area (TPSA) is 94.6 Å². The van der Waals surface area contributed by atoms with Crippen LogP contribution in [0.25, 0.3) is 11.3 Å². The third kappa shape index (κ3) is 4.80. The van der Waals surface area contributed by atoms with Gasteiger partial charge in [-0.25, -0.2) is 9.78 Å². The molecule has 0 aliphatic rings. The van der Waals surface area contributed by atoms with Gasteiger partial charge in [-0.3, -0.25) is 14.9 Å². The Morgan fingerprint density at radius 2 is 1.82 bits per heavy atom. The van der Waals surface area contributed by atoms with Crippen LogP contribution in [-0.4, -0.2) is 36.9 Å². The van der Waals surface area contributed by atoms with Gasteiger partial charge in [0.25, 0.3) is 5.91 Å². The molecule has 0 spiro atoms. The molecule has 8 heteroatoms. The SMILES string of the molecule is COc1ccc(-c2csc(NC(=O)COC(=O)c3ccc(C=O)cc3)n2)cc1. The highest BCUT2D eigenvalue weighted by atomic mass is 32.1. The number of nitrogens with zero attached hydrogens (tertiary/aromatic N) is 1. The van der Waals surface area contributed by atoms with Gasteiger partial charge in [0.2, 0.25) is 0 Å². The molecule has 0 fully saturated rings. The third-order valence-electron chi connectivity index (χ3n) is 3.75. The number of thiazole rings is 1. The number of hydrogen-bond donors (Lipinski definition) is 1. The molecule has 1 heterocycles. The maximum Gasteiger partial charge on any atom is 0.338 e. The molecule has 1 N–H and O–H groups in total. The Bertz CT molecular complexity index is 981. The molecule has 3 aromatic rings. The zero-order valence-corrected chi connectivity index (χ0v) is 15.7. The van der Waals surface area contributed by atoms with E-state index in [0.29, 0.717) is 17.0 Å². The number of nitrogens with one attached hydrogen (secondary N) is 1. The lowest BCUT2D eigenvalue weighted by Gasteiger charge is -2.05. The van der Waals surface area contributed by atoms with E-state index >= 15 is 0 Å². The van der Waals surface area contributed by atoms with Crippen molar-refractivity contribution in [2.24, 2.45) is 0 Å². The number of carbonyl (C=O) groups is 3. The molecule has 0 saturated carbocycles. The summed E-state index contributed by atoms with van der Waals surface area (Å²) in [5, 5.41) is 4.82. The minimum atomic E-state index is -0.648. The van der Waals surface area contributed by atoms with Gasteiger partial charge in [-0.2, -0.15) is 0 Å². The second-order valence-electron chi connectivity index (χ2n) is 5.63. The number of amides is 1. The van der Waals surface area contributed by atoms with E-state index in [4.69, 9.17) is 9.47 Å². The summed E-state index contributed by atoms with van der Waals surface area (Å²) in [6.07, 6.45) is 0.677. The maximum absolute atomic E-state index is 12.0. The molecule has 0 aliphatic heterocycles. The van der Waals surface area contributed by atoms with Crippen LogP contribution in [0.2, 0.25) is 0 Å². The van der Waals surface area contributed by atoms with E-state index in [2.05, 4.69) is 10.3 Å². The molecule has 3 rings (SSSR count). The second-order valence-corrected chi connectivity index (χ2v) is 6.49. The van der Waals surface area contributed by atoms with Gasteiger partial charge < -0.3 is 9.47 Å². The average molecular weight is 396 g/mol. The van der Waals surface area contributed by atoms with Crippen LogP contribution in [0.4, 0.5) is 5.13 Å². The summed E-state index contributed by atoms with van der Waals surface area (Å²) in [6, 6.07) is 13.3. The standard InChI is InChI=1S/C20H16N2O5S/c1-26-16-8-6-14(7-9-16)17-12-28-20(21-17)22-18(24)11-27-19(25)15-4-2-13(10-23)3-5-15/h2-10,12H,11H2,1H3,(H,21,22,24). The predicted molar refractivity (Wildman–Crippen MR) is 105 cm³/mol. The minimum absolute atomic E-state index is 0.259. The molecule has 0 saturated heterocycles. The van der Waals surface area contributed by atoms with Crippen molar-refractivity contribution in [2.75, 3.05) is 19.0 Å². The highest BCUT2D eigenvalue weighted by Gasteiger charge is 2.12. The molecular formula is C20H16N2O5S. The Morgan fingerprint density at radius 1 is 1.11 bits per heavy atom. The van der Waals surface area contributed by atoms with Crippen molar-refractivity contribution in [1.82, 2.24) is 4.98 Å². The first-order valence-corrected chi connectivity index (χ1v) is 9.09. The number of anilines is 1. The van der Waals surface area contributed by atoms with E-state index in [1.807, 2.05) is 29.6 Å². The van der Waals surface area contributed by atoms with Gasteiger partial charge in [-0.15, -0.1) is 11.3 Å². The number of carbonyl (C=O) groups excluding carboxylic acids is 3. The number of aldehydes is 1. The summed E-state index contributed by atoms with van der Waals surface area (Å²) < 4.78 is 10.1. The number of rotatable bonds is 7. The lowest BCUT2D eigenvalue weighted by molar-refractivity contribution is -0.119. The molecule has 0 atom stereocenters. The number of ether oxygens (including phenoxy) is 2. The number of esters is 1. The van der Waals surface area contributed by atoms with Crippen molar-refractivity contribution in [3.05, 3.63) is 65.0 Å². The van der Waals surface area contributed by atoms with Crippen molar-refractivity contribution in [3.63, 3.8) is 0 Å². The summed E-state index contributed by atoms with van der Waals surface area (Å²) >= 11 is 1.27. The summed E-state index contributed by atoms with van der Waals surface area (Å²) in [5.74, 6) is -0.394. The van der Waals surface area contributed by atoms with Crippen molar-refractivity contribution in [2.45, 2.75) is 0 Å². The Labute approximate surface area is 164 Å². The second kappa shape index (κ2) is 8.92. The van der Waals surface area contributed by atoms with Crippen LogP contribution in [0, 0.1) is 0 Å². The van der Waals surface area contributed by atoms with E-state index in [1.165, 1.54) is 35.6 Å². The van der Waals surface area contributed by atoms with Gasteiger partial charge in [-0.1, -0.05) is 12.1 Å². The van der Waals surface area contributed by atoms with Crippen LogP contribution in [0.1, 0.15) is 20.7 Å². The van der Waals surface area contributed by atoms with Gasteiger partial charge in [0.15, 0.2) is 11.7 Å². The predicted octanol–water partition coefficient (Wildman–Crippen LogP) is 3.43. The fourth-order valence-electron chi connectivity index (χ4n) is 2.29. The number of benzene rings is 2. The van der Waals surface area contributed by atoms with Crippen LogP contribution in [0.15, 0.2) is 53.9 Å². The lowest BCUT2D eigenvalue weighted by atomic mass is 10.1. The lowest BCUT2D eigenvalue weighted by Crippen LogP contribution is -2.20. The van der Waals surface area contributed by atoms with Crippen LogP contribution >= 0.6 is 11.3 Å². The first-order chi connectivity index (χ1) is 13.6. The van der Waals surface area contributed by atoms with Gasteiger partial charge in [0.05, 0.1) is 18.4 Å². The van der Waals surface area contributed by atoms with Gasteiger partial charge in [-0.05, 0) is 36.4 Å². The van der Waals surface area contributed by atoms with E-state index in [-0.39, 0.29) is 5.56 Å². The smallest absolute Gasteiger partial charge is 0.338 e. The molecular weight excluding hydrogens is 380 g/mol. The molecule has 142 valence electrons. The molecule has 1 aromatic heterocycles. The van der Waals surface area contributed by atoms with Gasteiger partial charge in [0, 0.05) is 16.5 Å². The summed E-state index contributed by atoms with van der Waals surface area (Å²) in [5.41, 5.74) is 2.32. The Kier molecular flexibility index (Phi) is 6.13. The first kappa shape index (κ1) is 19.2. The normalized spacial score (nSPS) is 10.2. The summed E-state index contributed by atoms with van der Waals surface area (Å²) in [6.45, 7) is -0.439. The van der Waals surface area contributed by atoms with E-state index < -0.39 is 18.5 Å². The summed E-state index contributed by atoms with van der Waals surface area (Å²) in [7, 11) is 1.60. The van der Waals surface area contributed by atoms with Crippen LogP contribution in [0.5, 0.6) is 5.75 Å². The molecule has 28 heavy (non-hydrogen) atoms. The highest BCUT2D eigenvalue weighted by Crippen LogP contribution is 2.26. The van der Waals surface area contributed by atoms with E-state index in [0.717, 1.165) is 17.0 Å². The largest absolute Gasteiger partial charge is 0.497 e. The monoisotopic (exact) mass is 396 g/mol.